The maximum Gasteiger partial charge on any atom is 0.224 e. The van der Waals surface area contributed by atoms with E-state index < -0.39 is 0 Å². The zero-order valence-corrected chi connectivity index (χ0v) is 10.7. The first-order valence-corrected chi connectivity index (χ1v) is 6.44. The highest BCUT2D eigenvalue weighted by Crippen LogP contribution is 2.07. The predicted octanol–water partition coefficient (Wildman–Crippen LogP) is 1.62. The molecule has 90 valence electrons. The molecule has 0 radical (unpaired) electrons. The molecule has 0 aromatic carbocycles. The van der Waals surface area contributed by atoms with Gasteiger partial charge in [-0.15, -0.1) is 11.3 Å². The molecule has 1 aromatic heterocycles. The first-order chi connectivity index (χ1) is 7.63. The summed E-state index contributed by atoms with van der Waals surface area (Å²) in [6.45, 7) is 2.64. The van der Waals surface area contributed by atoms with Crippen LogP contribution in [0.5, 0.6) is 0 Å². The first kappa shape index (κ1) is 13.1. The van der Waals surface area contributed by atoms with Crippen LogP contribution in [0, 0.1) is 0 Å². The molecule has 1 amide bonds. The van der Waals surface area contributed by atoms with E-state index in [-0.39, 0.29) is 11.9 Å². The maximum atomic E-state index is 11.8. The summed E-state index contributed by atoms with van der Waals surface area (Å²) in [7, 11) is 1.79. The molecule has 0 saturated heterocycles. The zero-order chi connectivity index (χ0) is 12.0. The third-order valence-electron chi connectivity index (χ3n) is 2.40. The van der Waals surface area contributed by atoms with Gasteiger partial charge in [0, 0.05) is 24.9 Å². The van der Waals surface area contributed by atoms with Crippen molar-refractivity contribution in [3.8, 4) is 0 Å². The number of nitrogens with zero attached hydrogens (tertiary/aromatic N) is 2. The van der Waals surface area contributed by atoms with Gasteiger partial charge >= 0.3 is 0 Å². The lowest BCUT2D eigenvalue weighted by Crippen LogP contribution is -2.33. The molecule has 0 fully saturated rings. The zero-order valence-electron chi connectivity index (χ0n) is 9.85. The van der Waals surface area contributed by atoms with Crippen LogP contribution in [0.3, 0.4) is 0 Å². The molecule has 0 spiro atoms. The summed E-state index contributed by atoms with van der Waals surface area (Å²) in [5, 5.41) is 1.95. The monoisotopic (exact) mass is 241 g/mol. The predicted molar refractivity (Wildman–Crippen MR) is 66.1 cm³/mol. The fourth-order valence-electron chi connectivity index (χ4n) is 1.50. The molecule has 1 unspecified atom stereocenters. The first-order valence-electron chi connectivity index (χ1n) is 5.50. The lowest BCUT2D eigenvalue weighted by Gasteiger charge is -2.18. The molecule has 0 aliphatic rings. The van der Waals surface area contributed by atoms with Crippen molar-refractivity contribution >= 4 is 17.2 Å². The van der Waals surface area contributed by atoms with E-state index in [2.05, 4.69) is 11.9 Å². The minimum Gasteiger partial charge on any atom is -0.340 e. The molecule has 0 bridgehead atoms. The van der Waals surface area contributed by atoms with Crippen molar-refractivity contribution in [3.63, 3.8) is 0 Å². The Morgan fingerprint density at radius 3 is 3.00 bits per heavy atom. The Labute approximate surface area is 100 Å². The van der Waals surface area contributed by atoms with E-state index in [4.69, 9.17) is 5.73 Å². The van der Waals surface area contributed by atoms with Gasteiger partial charge in [-0.25, -0.2) is 4.98 Å². The molecule has 4 nitrogen and oxygen atoms in total. The molecular formula is C11H19N3OS. The van der Waals surface area contributed by atoms with Crippen LogP contribution in [-0.4, -0.2) is 28.9 Å². The summed E-state index contributed by atoms with van der Waals surface area (Å²) in [6, 6.07) is -0.0182. The van der Waals surface area contributed by atoms with Crippen molar-refractivity contribution in [2.24, 2.45) is 5.73 Å². The highest BCUT2D eigenvalue weighted by molar-refractivity contribution is 7.07. The minimum absolute atomic E-state index is 0.0182. The van der Waals surface area contributed by atoms with Crippen LogP contribution >= 0.6 is 11.3 Å². The largest absolute Gasteiger partial charge is 0.340 e. The van der Waals surface area contributed by atoms with E-state index in [0.717, 1.165) is 18.5 Å². The Balaban J connectivity index is 2.36. The van der Waals surface area contributed by atoms with Crippen LogP contribution < -0.4 is 5.73 Å². The number of amides is 1. The standard InChI is InChI=1S/C11H19N3OS/c1-3-4-9(12)5-11(15)14(2)6-10-7-16-8-13-10/h7-9H,3-6,12H2,1-2H3. The average molecular weight is 241 g/mol. The summed E-state index contributed by atoms with van der Waals surface area (Å²) in [4.78, 5) is 17.6. The Kier molecular flexibility index (Phi) is 5.42. The van der Waals surface area contributed by atoms with Crippen LogP contribution in [-0.2, 0) is 11.3 Å². The number of carbonyl (C=O) groups is 1. The van der Waals surface area contributed by atoms with Crippen LogP contribution in [0.15, 0.2) is 10.9 Å². The van der Waals surface area contributed by atoms with E-state index in [1.165, 1.54) is 0 Å². The van der Waals surface area contributed by atoms with E-state index in [1.54, 1.807) is 28.8 Å². The second kappa shape index (κ2) is 6.60. The molecule has 0 aliphatic heterocycles. The van der Waals surface area contributed by atoms with Gasteiger partial charge in [0.2, 0.25) is 5.91 Å². The van der Waals surface area contributed by atoms with E-state index in [1.807, 2.05) is 5.38 Å². The highest BCUT2D eigenvalue weighted by Gasteiger charge is 2.13. The second-order valence-corrected chi connectivity index (χ2v) is 4.70. The van der Waals surface area contributed by atoms with Crippen LogP contribution in [0.1, 0.15) is 31.9 Å². The van der Waals surface area contributed by atoms with E-state index in [9.17, 15) is 4.79 Å². The number of rotatable bonds is 6. The Bertz CT molecular complexity index is 313. The van der Waals surface area contributed by atoms with Crippen LogP contribution in [0.4, 0.5) is 0 Å². The van der Waals surface area contributed by atoms with Crippen molar-refractivity contribution in [3.05, 3.63) is 16.6 Å². The Hall–Kier alpha value is -0.940. The molecule has 16 heavy (non-hydrogen) atoms. The molecule has 1 heterocycles. The fraction of sp³-hybridized carbons (Fsp3) is 0.636. The normalized spacial score (nSPS) is 12.4. The molecule has 1 atom stereocenters. The van der Waals surface area contributed by atoms with Crippen molar-refractivity contribution < 1.29 is 4.79 Å². The van der Waals surface area contributed by atoms with E-state index >= 15 is 0 Å². The van der Waals surface area contributed by atoms with Gasteiger partial charge < -0.3 is 10.6 Å². The number of hydrogen-bond acceptors (Lipinski definition) is 4. The van der Waals surface area contributed by atoms with Crippen molar-refractivity contribution in [2.75, 3.05) is 7.05 Å². The molecular weight excluding hydrogens is 222 g/mol. The smallest absolute Gasteiger partial charge is 0.224 e. The third-order valence-corrected chi connectivity index (χ3v) is 3.04. The Morgan fingerprint density at radius 1 is 1.69 bits per heavy atom. The van der Waals surface area contributed by atoms with Crippen molar-refractivity contribution in [2.45, 2.75) is 38.8 Å². The quantitative estimate of drug-likeness (QED) is 0.823. The molecule has 0 aliphatic carbocycles. The SMILES string of the molecule is CCCC(N)CC(=O)N(C)Cc1cscn1. The van der Waals surface area contributed by atoms with Gasteiger partial charge in [-0.2, -0.15) is 0 Å². The van der Waals surface area contributed by atoms with Crippen molar-refractivity contribution in [1.82, 2.24) is 9.88 Å². The third kappa shape index (κ3) is 4.28. The summed E-state index contributed by atoms with van der Waals surface area (Å²) in [6.07, 6.45) is 2.34. The maximum absolute atomic E-state index is 11.8. The van der Waals surface area contributed by atoms with Gasteiger partial charge in [0.05, 0.1) is 17.7 Å². The summed E-state index contributed by atoms with van der Waals surface area (Å²) < 4.78 is 0. The van der Waals surface area contributed by atoms with Gasteiger partial charge in [-0.05, 0) is 6.42 Å². The number of carbonyl (C=O) groups excluding carboxylic acids is 1. The van der Waals surface area contributed by atoms with Crippen LogP contribution in [0.25, 0.3) is 0 Å². The lowest BCUT2D eigenvalue weighted by atomic mass is 10.1. The number of nitrogens with two attached hydrogens (primary N) is 1. The number of aromatic nitrogens is 1. The molecule has 0 saturated carbocycles. The van der Waals surface area contributed by atoms with Crippen molar-refractivity contribution in [1.29, 1.82) is 0 Å². The number of thiazole rings is 1. The summed E-state index contributed by atoms with van der Waals surface area (Å²) in [5.41, 5.74) is 8.54. The molecule has 5 heteroatoms. The summed E-state index contributed by atoms with van der Waals surface area (Å²) in [5.74, 6) is 0.0916. The highest BCUT2D eigenvalue weighted by atomic mass is 32.1. The van der Waals surface area contributed by atoms with Gasteiger partial charge in [0.15, 0.2) is 0 Å². The summed E-state index contributed by atoms with van der Waals surface area (Å²) >= 11 is 1.54. The minimum atomic E-state index is -0.0182. The Morgan fingerprint density at radius 2 is 2.44 bits per heavy atom. The molecule has 1 rings (SSSR count). The van der Waals surface area contributed by atoms with Crippen LogP contribution in [0.2, 0.25) is 0 Å². The van der Waals surface area contributed by atoms with Gasteiger partial charge in [0.1, 0.15) is 0 Å². The van der Waals surface area contributed by atoms with E-state index in [0.29, 0.717) is 13.0 Å². The topological polar surface area (TPSA) is 59.2 Å². The number of hydrogen-bond donors (Lipinski definition) is 1. The molecule has 1 aromatic rings. The van der Waals surface area contributed by atoms with Gasteiger partial charge in [-0.1, -0.05) is 13.3 Å². The second-order valence-electron chi connectivity index (χ2n) is 3.98. The molecule has 2 N–H and O–H groups in total. The van der Waals surface area contributed by atoms with Gasteiger partial charge in [0.25, 0.3) is 0 Å². The average Bonchev–Trinajstić information content (AvgIpc) is 2.70. The van der Waals surface area contributed by atoms with Gasteiger partial charge in [-0.3, -0.25) is 4.79 Å². The lowest BCUT2D eigenvalue weighted by molar-refractivity contribution is -0.130. The fourth-order valence-corrected chi connectivity index (χ4v) is 2.05.